The minimum atomic E-state index is -5.67. The molecule has 0 saturated heterocycles. The molecule has 0 fully saturated rings. The minimum absolute atomic E-state index is 0.00307. The quantitative estimate of drug-likeness (QED) is 0.689. The molecule has 0 spiro atoms. The van der Waals surface area contributed by atoms with Crippen molar-refractivity contribution in [3.8, 4) is 0 Å². The van der Waals surface area contributed by atoms with E-state index >= 15 is 0 Å². The number of ether oxygens (including phenoxy) is 1. The van der Waals surface area contributed by atoms with Crippen molar-refractivity contribution in [3.05, 3.63) is 48.0 Å². The first kappa shape index (κ1) is 16.3. The highest BCUT2D eigenvalue weighted by atomic mass is 32.2. The second-order valence-corrected chi connectivity index (χ2v) is 6.14. The Morgan fingerprint density at radius 1 is 1.18 bits per heavy atom. The van der Waals surface area contributed by atoms with E-state index < -0.39 is 27.4 Å². The summed E-state index contributed by atoms with van der Waals surface area (Å²) < 4.78 is 60.8. The van der Waals surface area contributed by atoms with E-state index in [2.05, 4.69) is 4.74 Å². The third kappa shape index (κ3) is 3.07. The van der Waals surface area contributed by atoms with Crippen molar-refractivity contribution in [2.24, 2.45) is 0 Å². The molecular weight excluding hydrogens is 318 g/mol. The fourth-order valence-corrected chi connectivity index (χ4v) is 2.29. The normalized spacial score (nSPS) is 13.8. The number of alkyl halides is 2. The van der Waals surface area contributed by atoms with E-state index in [1.54, 1.807) is 30.3 Å². The molecule has 2 aromatic rings. The van der Waals surface area contributed by atoms with Gasteiger partial charge in [-0.3, -0.25) is 4.55 Å². The van der Waals surface area contributed by atoms with E-state index in [0.29, 0.717) is 12.3 Å². The van der Waals surface area contributed by atoms with Crippen molar-refractivity contribution >= 4 is 26.9 Å². The molecule has 1 atom stereocenters. The van der Waals surface area contributed by atoms with Crippen LogP contribution in [0.15, 0.2) is 42.5 Å². The van der Waals surface area contributed by atoms with E-state index in [1.165, 1.54) is 12.1 Å². The number of rotatable bonds is 4. The maximum absolute atomic E-state index is 13.3. The van der Waals surface area contributed by atoms with E-state index in [4.69, 9.17) is 4.55 Å². The molecule has 0 heterocycles. The Morgan fingerprint density at radius 2 is 1.77 bits per heavy atom. The van der Waals surface area contributed by atoms with Gasteiger partial charge in [-0.1, -0.05) is 30.3 Å². The van der Waals surface area contributed by atoms with Crippen molar-refractivity contribution < 1.29 is 31.3 Å². The first-order valence-corrected chi connectivity index (χ1v) is 7.61. The van der Waals surface area contributed by atoms with E-state index in [0.717, 1.165) is 5.39 Å². The summed E-state index contributed by atoms with van der Waals surface area (Å²) >= 11 is 0. The van der Waals surface area contributed by atoms with Gasteiger partial charge >= 0.3 is 21.3 Å². The summed E-state index contributed by atoms with van der Waals surface area (Å²) in [6.07, 6.45) is -2.33. The molecule has 0 bridgehead atoms. The number of hydrogen-bond donors (Lipinski definition) is 1. The summed E-state index contributed by atoms with van der Waals surface area (Å²) in [7, 11) is -5.67. The van der Waals surface area contributed by atoms with Gasteiger partial charge in [-0.15, -0.1) is 0 Å². The number of carbonyl (C=O) groups excluding carboxylic acids is 1. The second-order valence-electron chi connectivity index (χ2n) is 4.65. The summed E-state index contributed by atoms with van der Waals surface area (Å²) in [4.78, 5) is 11.8. The van der Waals surface area contributed by atoms with Crippen molar-refractivity contribution in [2.75, 3.05) is 0 Å². The Balaban J connectivity index is 2.24. The highest BCUT2D eigenvalue weighted by Crippen LogP contribution is 2.28. The molecule has 0 aliphatic heterocycles. The number of fused-ring (bicyclic) bond motifs is 1. The second kappa shape index (κ2) is 5.62. The van der Waals surface area contributed by atoms with Gasteiger partial charge in [0.25, 0.3) is 0 Å². The van der Waals surface area contributed by atoms with Gasteiger partial charge in [0.2, 0.25) is 0 Å². The Labute approximate surface area is 125 Å². The molecular formula is C14H12F2O5S. The summed E-state index contributed by atoms with van der Waals surface area (Å²) in [5.41, 5.74) is -0.00307. The summed E-state index contributed by atoms with van der Waals surface area (Å²) in [6, 6.07) is 11.5. The summed E-state index contributed by atoms with van der Waals surface area (Å²) in [5.74, 6) is -1.11. The predicted octanol–water partition coefficient (Wildman–Crippen LogP) is 2.87. The smallest absolute Gasteiger partial charge is 0.405 e. The first-order valence-electron chi connectivity index (χ1n) is 6.17. The van der Waals surface area contributed by atoms with Crippen molar-refractivity contribution in [2.45, 2.75) is 18.3 Å². The number of hydrogen-bond acceptors (Lipinski definition) is 4. The predicted molar refractivity (Wildman–Crippen MR) is 75.3 cm³/mol. The highest BCUT2D eigenvalue weighted by molar-refractivity contribution is 7.86. The molecule has 0 aromatic heterocycles. The Bertz CT molecular complexity index is 817. The molecule has 22 heavy (non-hydrogen) atoms. The van der Waals surface area contributed by atoms with Gasteiger partial charge in [-0.2, -0.15) is 17.2 Å². The summed E-state index contributed by atoms with van der Waals surface area (Å²) in [6.45, 7) is 0.687. The van der Waals surface area contributed by atoms with Crippen LogP contribution < -0.4 is 0 Å². The van der Waals surface area contributed by atoms with Gasteiger partial charge in [-0.25, -0.2) is 4.79 Å². The Kier molecular flexibility index (Phi) is 4.17. The average Bonchev–Trinajstić information content (AvgIpc) is 2.45. The standard InChI is InChI=1S/C14H12F2O5S/c1-9(14(15,16)22(18,19)20)21-13(17)12-7-6-10-4-2-3-5-11(10)8-12/h2-9H,1H3,(H,18,19,20). The lowest BCUT2D eigenvalue weighted by Gasteiger charge is -2.20. The fourth-order valence-electron chi connectivity index (χ4n) is 1.82. The first-order chi connectivity index (χ1) is 10.1. The highest BCUT2D eigenvalue weighted by Gasteiger charge is 2.52. The molecule has 1 N–H and O–H groups in total. The van der Waals surface area contributed by atoms with Crippen LogP contribution in [0, 0.1) is 0 Å². The molecule has 0 saturated carbocycles. The van der Waals surface area contributed by atoms with Gasteiger partial charge in [0.15, 0.2) is 6.10 Å². The lowest BCUT2D eigenvalue weighted by molar-refractivity contribution is -0.0549. The van der Waals surface area contributed by atoms with Crippen LogP contribution in [-0.4, -0.2) is 30.3 Å². The number of halogens is 2. The maximum atomic E-state index is 13.3. The van der Waals surface area contributed by atoms with Crippen LogP contribution >= 0.6 is 0 Å². The van der Waals surface area contributed by atoms with Crippen molar-refractivity contribution in [1.82, 2.24) is 0 Å². The van der Waals surface area contributed by atoms with Crippen LogP contribution in [0.5, 0.6) is 0 Å². The zero-order chi connectivity index (χ0) is 16.5. The van der Waals surface area contributed by atoms with Crippen LogP contribution in [0.2, 0.25) is 0 Å². The molecule has 1 unspecified atom stereocenters. The average molecular weight is 330 g/mol. The van der Waals surface area contributed by atoms with Crippen LogP contribution in [0.25, 0.3) is 10.8 Å². The molecule has 118 valence electrons. The number of esters is 1. The van der Waals surface area contributed by atoms with Crippen LogP contribution in [0.4, 0.5) is 8.78 Å². The van der Waals surface area contributed by atoms with E-state index in [9.17, 15) is 22.0 Å². The zero-order valence-electron chi connectivity index (χ0n) is 11.4. The molecule has 8 heteroatoms. The maximum Gasteiger partial charge on any atom is 0.405 e. The Hall–Kier alpha value is -2.06. The molecule has 5 nitrogen and oxygen atoms in total. The molecule has 0 amide bonds. The van der Waals surface area contributed by atoms with E-state index in [1.807, 2.05) is 0 Å². The third-order valence-corrected chi connectivity index (χ3v) is 4.11. The minimum Gasteiger partial charge on any atom is -0.451 e. The number of carbonyl (C=O) groups is 1. The fraction of sp³-hybridized carbons (Fsp3) is 0.214. The molecule has 0 radical (unpaired) electrons. The van der Waals surface area contributed by atoms with Crippen LogP contribution in [-0.2, 0) is 14.9 Å². The van der Waals surface area contributed by atoms with Gasteiger partial charge in [0, 0.05) is 0 Å². The Morgan fingerprint density at radius 3 is 2.36 bits per heavy atom. The lowest BCUT2D eigenvalue weighted by atomic mass is 10.1. The molecule has 2 rings (SSSR count). The van der Waals surface area contributed by atoms with E-state index in [-0.39, 0.29) is 5.56 Å². The third-order valence-electron chi connectivity index (χ3n) is 3.09. The largest absolute Gasteiger partial charge is 0.451 e. The molecule has 2 aromatic carbocycles. The summed E-state index contributed by atoms with van der Waals surface area (Å²) in [5, 5.41) is -3.04. The topological polar surface area (TPSA) is 80.7 Å². The zero-order valence-corrected chi connectivity index (χ0v) is 12.2. The SMILES string of the molecule is CC(OC(=O)c1ccc2ccccc2c1)C(F)(F)S(=O)(=O)O. The molecule has 0 aliphatic rings. The number of benzene rings is 2. The lowest BCUT2D eigenvalue weighted by Crippen LogP contribution is -2.42. The van der Waals surface area contributed by atoms with Gasteiger partial charge in [0.05, 0.1) is 5.56 Å². The monoisotopic (exact) mass is 330 g/mol. The van der Waals surface area contributed by atoms with Crippen LogP contribution in [0.3, 0.4) is 0 Å². The van der Waals surface area contributed by atoms with Crippen molar-refractivity contribution in [3.63, 3.8) is 0 Å². The van der Waals surface area contributed by atoms with Gasteiger partial charge < -0.3 is 4.74 Å². The molecule has 0 aliphatic carbocycles. The van der Waals surface area contributed by atoms with Gasteiger partial charge in [-0.05, 0) is 29.8 Å². The van der Waals surface area contributed by atoms with Gasteiger partial charge in [0.1, 0.15) is 0 Å². The van der Waals surface area contributed by atoms with Crippen LogP contribution in [0.1, 0.15) is 17.3 Å². The van der Waals surface area contributed by atoms with Crippen molar-refractivity contribution in [1.29, 1.82) is 0 Å².